The van der Waals surface area contributed by atoms with Crippen LogP contribution in [0.1, 0.15) is 62.8 Å². The normalized spacial score (nSPS) is 15.2. The van der Waals surface area contributed by atoms with E-state index in [0.29, 0.717) is 24.1 Å². The van der Waals surface area contributed by atoms with E-state index in [1.165, 1.54) is 4.90 Å². The van der Waals surface area contributed by atoms with Crippen molar-refractivity contribution in [1.82, 2.24) is 10.2 Å². The minimum Gasteiger partial charge on any atom is -0.507 e. The number of anilines is 1. The number of nitrogens with one attached hydrogen (secondary N) is 2. The van der Waals surface area contributed by atoms with Gasteiger partial charge in [0.15, 0.2) is 0 Å². The van der Waals surface area contributed by atoms with Gasteiger partial charge in [-0.05, 0) is 71.1 Å². The van der Waals surface area contributed by atoms with Crippen molar-refractivity contribution < 1.29 is 29.3 Å². The fraction of sp³-hybridized carbons (Fsp3) is 0.464. The van der Waals surface area contributed by atoms with Crippen molar-refractivity contribution in [2.24, 2.45) is 0 Å². The first kappa shape index (κ1) is 28.0. The Kier molecular flexibility index (Phi) is 8.81. The largest absolute Gasteiger partial charge is 0.507 e. The highest BCUT2D eigenvalue weighted by molar-refractivity contribution is 6.00. The zero-order chi connectivity index (χ0) is 27.3. The Bertz CT molecular complexity index is 1140. The molecular weight excluding hydrogens is 474 g/mol. The maximum atomic E-state index is 13.9. The number of phenolic OH excluding ortho intramolecular Hbond substituents is 1. The summed E-state index contributed by atoms with van der Waals surface area (Å²) in [6.07, 6.45) is 1.31. The smallest absolute Gasteiger partial charge is 0.408 e. The monoisotopic (exact) mass is 511 g/mol. The molecule has 1 saturated carbocycles. The number of hydrogen-bond donors (Lipinski definition) is 4. The van der Waals surface area contributed by atoms with Crippen LogP contribution in [0.15, 0.2) is 42.5 Å². The summed E-state index contributed by atoms with van der Waals surface area (Å²) < 4.78 is 5.27. The standard InChI is InChI=1S/C28H37N3O6/c1-17-10-6-7-15-21(17)29-25(34)23(20-14-8-11-18(2)24(20)33)31(19-12-9-13-19)26(35)22(16-32)30-27(36)37-28(3,4)5/h6-8,10-11,14-15,19,22-23,32-33H,9,12-13,16H2,1-5H3,(H,29,34)(H,30,36). The third-order valence-corrected chi connectivity index (χ3v) is 6.39. The number of carbonyl (C=O) groups excluding carboxylic acids is 3. The average molecular weight is 512 g/mol. The number of phenols is 1. The molecule has 3 rings (SSSR count). The number of rotatable bonds is 8. The molecule has 0 heterocycles. The van der Waals surface area contributed by atoms with Gasteiger partial charge in [0.1, 0.15) is 23.4 Å². The van der Waals surface area contributed by atoms with E-state index in [1.54, 1.807) is 58.0 Å². The zero-order valence-electron chi connectivity index (χ0n) is 22.1. The molecule has 1 aliphatic carbocycles. The lowest BCUT2D eigenvalue weighted by Crippen LogP contribution is -2.58. The molecule has 2 aromatic carbocycles. The van der Waals surface area contributed by atoms with Gasteiger partial charge in [-0.25, -0.2) is 4.79 Å². The maximum absolute atomic E-state index is 13.9. The van der Waals surface area contributed by atoms with Gasteiger partial charge in [-0.2, -0.15) is 0 Å². The first-order chi connectivity index (χ1) is 17.4. The molecule has 0 radical (unpaired) electrons. The van der Waals surface area contributed by atoms with Crippen LogP contribution in [0.25, 0.3) is 0 Å². The molecule has 0 aromatic heterocycles. The number of ether oxygens (including phenoxy) is 1. The van der Waals surface area contributed by atoms with E-state index in [-0.39, 0.29) is 17.4 Å². The van der Waals surface area contributed by atoms with Gasteiger partial charge in [-0.15, -0.1) is 0 Å². The summed E-state index contributed by atoms with van der Waals surface area (Å²) in [5, 5.41) is 26.4. The van der Waals surface area contributed by atoms with Gasteiger partial charge < -0.3 is 30.5 Å². The Morgan fingerprint density at radius 2 is 1.70 bits per heavy atom. The van der Waals surface area contributed by atoms with E-state index in [2.05, 4.69) is 10.6 Å². The lowest BCUT2D eigenvalue weighted by molar-refractivity contribution is -0.146. The predicted molar refractivity (Wildman–Crippen MR) is 140 cm³/mol. The number of benzene rings is 2. The van der Waals surface area contributed by atoms with E-state index >= 15 is 0 Å². The fourth-order valence-electron chi connectivity index (χ4n) is 4.23. The van der Waals surface area contributed by atoms with Gasteiger partial charge in [0.2, 0.25) is 5.91 Å². The highest BCUT2D eigenvalue weighted by atomic mass is 16.6. The van der Waals surface area contributed by atoms with Crippen molar-refractivity contribution in [3.8, 4) is 5.75 Å². The third kappa shape index (κ3) is 6.80. The van der Waals surface area contributed by atoms with Crippen LogP contribution in [-0.2, 0) is 14.3 Å². The third-order valence-electron chi connectivity index (χ3n) is 6.39. The Morgan fingerprint density at radius 1 is 1.05 bits per heavy atom. The number of aromatic hydroxyl groups is 1. The van der Waals surface area contributed by atoms with Crippen molar-refractivity contribution in [2.75, 3.05) is 11.9 Å². The lowest BCUT2D eigenvalue weighted by atomic mass is 9.87. The molecular formula is C28H37N3O6. The molecule has 0 bridgehead atoms. The Balaban J connectivity index is 2.03. The van der Waals surface area contributed by atoms with E-state index in [0.717, 1.165) is 12.0 Å². The van der Waals surface area contributed by atoms with Crippen LogP contribution in [0.5, 0.6) is 5.75 Å². The van der Waals surface area contributed by atoms with E-state index < -0.39 is 42.2 Å². The molecule has 200 valence electrons. The second kappa shape index (κ2) is 11.6. The second-order valence-electron chi connectivity index (χ2n) is 10.4. The number of carbonyl (C=O) groups is 3. The number of amides is 3. The minimum absolute atomic E-state index is 0.0924. The van der Waals surface area contributed by atoms with Crippen molar-refractivity contribution in [2.45, 2.75) is 77.6 Å². The maximum Gasteiger partial charge on any atom is 0.408 e. The lowest BCUT2D eigenvalue weighted by Gasteiger charge is -2.43. The van der Waals surface area contributed by atoms with Crippen LogP contribution in [0, 0.1) is 13.8 Å². The topological polar surface area (TPSA) is 128 Å². The van der Waals surface area contributed by atoms with Gasteiger partial charge in [-0.1, -0.05) is 36.4 Å². The minimum atomic E-state index is -1.34. The van der Waals surface area contributed by atoms with Crippen LogP contribution in [0.3, 0.4) is 0 Å². The molecule has 1 fully saturated rings. The second-order valence-corrected chi connectivity index (χ2v) is 10.4. The molecule has 2 aromatic rings. The summed E-state index contributed by atoms with van der Waals surface area (Å²) >= 11 is 0. The molecule has 9 nitrogen and oxygen atoms in total. The van der Waals surface area contributed by atoms with Crippen molar-refractivity contribution in [1.29, 1.82) is 0 Å². The van der Waals surface area contributed by atoms with Gasteiger partial charge >= 0.3 is 6.09 Å². The molecule has 1 aliphatic rings. The summed E-state index contributed by atoms with van der Waals surface area (Å²) in [6.45, 7) is 7.95. The molecule has 4 N–H and O–H groups in total. The van der Waals surface area contributed by atoms with E-state index in [1.807, 2.05) is 19.1 Å². The Morgan fingerprint density at radius 3 is 2.27 bits per heavy atom. The van der Waals surface area contributed by atoms with Gasteiger partial charge in [0.05, 0.1) is 6.61 Å². The van der Waals surface area contributed by atoms with Crippen molar-refractivity contribution in [3.05, 3.63) is 59.2 Å². The van der Waals surface area contributed by atoms with Crippen LogP contribution in [-0.4, -0.2) is 57.3 Å². The first-order valence-corrected chi connectivity index (χ1v) is 12.5. The van der Waals surface area contributed by atoms with Gasteiger partial charge in [-0.3, -0.25) is 9.59 Å². The summed E-state index contributed by atoms with van der Waals surface area (Å²) in [6, 6.07) is 9.45. The first-order valence-electron chi connectivity index (χ1n) is 12.5. The summed E-state index contributed by atoms with van der Waals surface area (Å²) in [4.78, 5) is 41.5. The Hall–Kier alpha value is -3.59. The summed E-state index contributed by atoms with van der Waals surface area (Å²) in [7, 11) is 0. The molecule has 0 spiro atoms. The number of para-hydroxylation sites is 2. The van der Waals surface area contributed by atoms with E-state index in [4.69, 9.17) is 4.74 Å². The number of nitrogens with zero attached hydrogens (tertiary/aromatic N) is 1. The molecule has 2 unspecified atom stereocenters. The van der Waals surface area contributed by atoms with Crippen LogP contribution in [0.4, 0.5) is 10.5 Å². The number of alkyl carbamates (subject to hydrolysis) is 1. The highest BCUT2D eigenvalue weighted by Gasteiger charge is 2.43. The molecule has 37 heavy (non-hydrogen) atoms. The van der Waals surface area contributed by atoms with Crippen LogP contribution in [0.2, 0.25) is 0 Å². The van der Waals surface area contributed by atoms with Crippen LogP contribution < -0.4 is 10.6 Å². The number of aliphatic hydroxyl groups is 1. The van der Waals surface area contributed by atoms with E-state index in [9.17, 15) is 24.6 Å². The molecule has 0 saturated heterocycles. The fourth-order valence-corrected chi connectivity index (χ4v) is 4.23. The SMILES string of the molecule is Cc1ccccc1NC(=O)C(c1cccc(C)c1O)N(C(=O)C(CO)NC(=O)OC(C)(C)C)C1CCC1. The van der Waals surface area contributed by atoms with Crippen molar-refractivity contribution >= 4 is 23.6 Å². The number of hydrogen-bond acceptors (Lipinski definition) is 6. The zero-order valence-corrected chi connectivity index (χ0v) is 22.1. The highest BCUT2D eigenvalue weighted by Crippen LogP contribution is 2.38. The van der Waals surface area contributed by atoms with Gasteiger partial charge in [0, 0.05) is 17.3 Å². The quantitative estimate of drug-likeness (QED) is 0.425. The summed E-state index contributed by atoms with van der Waals surface area (Å²) in [5.41, 5.74) is 1.43. The predicted octanol–water partition coefficient (Wildman–Crippen LogP) is 3.96. The van der Waals surface area contributed by atoms with Gasteiger partial charge in [0.25, 0.3) is 5.91 Å². The van der Waals surface area contributed by atoms with Crippen molar-refractivity contribution in [3.63, 3.8) is 0 Å². The summed E-state index contributed by atoms with van der Waals surface area (Å²) in [5.74, 6) is -1.24. The van der Waals surface area contributed by atoms with Crippen LogP contribution >= 0.6 is 0 Å². The molecule has 0 aliphatic heterocycles. The molecule has 2 atom stereocenters. The molecule has 9 heteroatoms. The Labute approximate surface area is 217 Å². The number of aryl methyl sites for hydroxylation is 2. The molecule has 3 amide bonds. The average Bonchev–Trinajstić information content (AvgIpc) is 2.78. The number of aliphatic hydroxyl groups excluding tert-OH is 1.